The van der Waals surface area contributed by atoms with Gasteiger partial charge in [-0.1, -0.05) is 54.1 Å². The van der Waals surface area contributed by atoms with E-state index >= 15 is 0 Å². The topological polar surface area (TPSA) is 0 Å². The molecule has 1 heterocycles. The summed E-state index contributed by atoms with van der Waals surface area (Å²) in [6, 6.07) is 24.0. The second-order valence-corrected chi connectivity index (χ2v) is 7.84. The van der Waals surface area contributed by atoms with Crippen molar-refractivity contribution in [2.75, 3.05) is 0 Å². The first-order valence-electron chi connectivity index (χ1n) is 7.98. The Kier molecular flexibility index (Phi) is 2.37. The van der Waals surface area contributed by atoms with Crippen LogP contribution in [0.15, 0.2) is 66.7 Å². The molecule has 2 heteroatoms. The van der Waals surface area contributed by atoms with E-state index in [0.717, 1.165) is 5.02 Å². The summed E-state index contributed by atoms with van der Waals surface area (Å²) in [5.74, 6) is 0. The molecule has 6 rings (SSSR count). The fourth-order valence-corrected chi connectivity index (χ4v) is 5.49. The molecule has 0 fully saturated rings. The third-order valence-electron chi connectivity index (χ3n) is 5.05. The molecule has 24 heavy (non-hydrogen) atoms. The molecule has 0 unspecified atom stereocenters. The van der Waals surface area contributed by atoms with E-state index in [-0.39, 0.29) is 0 Å². The zero-order chi connectivity index (χ0) is 15.8. The second-order valence-electron chi connectivity index (χ2n) is 6.32. The fraction of sp³-hybridized carbons (Fsp3) is 0. The maximum atomic E-state index is 6.46. The summed E-state index contributed by atoms with van der Waals surface area (Å²) >= 11 is 8.34. The molecule has 112 valence electrons. The van der Waals surface area contributed by atoms with E-state index in [0.29, 0.717) is 0 Å². The first-order chi connectivity index (χ1) is 11.8. The van der Waals surface area contributed by atoms with Crippen molar-refractivity contribution in [1.82, 2.24) is 0 Å². The minimum Gasteiger partial charge on any atom is -0.135 e. The van der Waals surface area contributed by atoms with Crippen molar-refractivity contribution < 1.29 is 0 Å². The minimum atomic E-state index is 0.795. The molecule has 5 aromatic rings. The Labute approximate surface area is 147 Å². The summed E-state index contributed by atoms with van der Waals surface area (Å²) in [5, 5.41) is 6.11. The van der Waals surface area contributed by atoms with Crippen LogP contribution in [-0.4, -0.2) is 0 Å². The average Bonchev–Trinajstić information content (AvgIpc) is 2.93. The van der Waals surface area contributed by atoms with E-state index in [1.807, 2.05) is 11.3 Å². The van der Waals surface area contributed by atoms with Crippen molar-refractivity contribution in [3.63, 3.8) is 0 Å². The molecule has 0 bridgehead atoms. The molecule has 0 saturated carbocycles. The molecule has 0 spiro atoms. The molecule has 0 atom stereocenters. The number of hydrogen-bond donors (Lipinski definition) is 0. The standard InChI is InChI=1S/C22H11ClS/c23-13-10-12-8-9-19-22-20(12)17(11-13)15-5-2-1-4-14(15)16-6-3-7-18(24-19)21(16)22/h1-11H. The maximum Gasteiger partial charge on any atom is 0.0418 e. The van der Waals surface area contributed by atoms with Gasteiger partial charge in [0.1, 0.15) is 0 Å². The maximum absolute atomic E-state index is 6.46. The van der Waals surface area contributed by atoms with Crippen LogP contribution in [0.1, 0.15) is 0 Å². The zero-order valence-electron chi connectivity index (χ0n) is 12.6. The van der Waals surface area contributed by atoms with E-state index in [1.165, 1.54) is 53.2 Å². The Bertz CT molecular complexity index is 1310. The van der Waals surface area contributed by atoms with Crippen LogP contribution < -0.4 is 0 Å². The number of thiophene rings is 1. The van der Waals surface area contributed by atoms with Gasteiger partial charge in [-0.05, 0) is 57.3 Å². The van der Waals surface area contributed by atoms with E-state index < -0.39 is 0 Å². The molecular weight excluding hydrogens is 332 g/mol. The van der Waals surface area contributed by atoms with Gasteiger partial charge in [-0.25, -0.2) is 0 Å². The van der Waals surface area contributed by atoms with Crippen LogP contribution in [-0.2, 0) is 0 Å². The lowest BCUT2D eigenvalue weighted by molar-refractivity contribution is 1.65. The summed E-state index contributed by atoms with van der Waals surface area (Å²) < 4.78 is 2.70. The van der Waals surface area contributed by atoms with E-state index in [9.17, 15) is 0 Å². The van der Waals surface area contributed by atoms with Crippen molar-refractivity contribution in [1.29, 1.82) is 0 Å². The Morgan fingerprint density at radius 2 is 1.33 bits per heavy atom. The van der Waals surface area contributed by atoms with Crippen LogP contribution in [0.25, 0.3) is 53.2 Å². The number of benzene rings is 4. The van der Waals surface area contributed by atoms with Gasteiger partial charge in [0.05, 0.1) is 0 Å². The molecule has 0 nitrogen and oxygen atoms in total. The summed E-state index contributed by atoms with van der Waals surface area (Å²) in [6.45, 7) is 0. The van der Waals surface area contributed by atoms with Crippen LogP contribution in [0, 0.1) is 0 Å². The van der Waals surface area contributed by atoms with Gasteiger partial charge in [0.15, 0.2) is 0 Å². The molecule has 0 radical (unpaired) electrons. The molecule has 1 aliphatic rings. The lowest BCUT2D eigenvalue weighted by atomic mass is 9.94. The minimum absolute atomic E-state index is 0.795. The highest BCUT2D eigenvalue weighted by atomic mass is 35.5. The molecule has 1 aromatic heterocycles. The van der Waals surface area contributed by atoms with Crippen LogP contribution in [0.4, 0.5) is 0 Å². The Morgan fingerprint density at radius 3 is 2.21 bits per heavy atom. The van der Waals surface area contributed by atoms with Crippen molar-refractivity contribution in [2.24, 2.45) is 0 Å². The van der Waals surface area contributed by atoms with Gasteiger partial charge in [-0.2, -0.15) is 0 Å². The average molecular weight is 343 g/mol. The van der Waals surface area contributed by atoms with Crippen molar-refractivity contribution >= 4 is 53.9 Å². The number of rotatable bonds is 0. The number of fused-ring (bicyclic) bond motifs is 3. The molecule has 0 saturated heterocycles. The molecule has 0 amide bonds. The van der Waals surface area contributed by atoms with Gasteiger partial charge >= 0.3 is 0 Å². The van der Waals surface area contributed by atoms with Crippen LogP contribution in [0.3, 0.4) is 0 Å². The van der Waals surface area contributed by atoms with Gasteiger partial charge in [0.2, 0.25) is 0 Å². The molecule has 0 N–H and O–H groups in total. The Morgan fingerprint density at radius 1 is 0.583 bits per heavy atom. The van der Waals surface area contributed by atoms with E-state index in [2.05, 4.69) is 66.7 Å². The normalized spacial score (nSPS) is 12.4. The van der Waals surface area contributed by atoms with Crippen LogP contribution >= 0.6 is 22.9 Å². The first kappa shape index (κ1) is 13.0. The molecule has 0 aliphatic heterocycles. The SMILES string of the molecule is Clc1cc2c3c(ccc4sc5cccc(c5c43)-c3ccccc3-2)c1. The van der Waals surface area contributed by atoms with E-state index in [4.69, 9.17) is 11.6 Å². The Hall–Kier alpha value is -2.35. The quantitative estimate of drug-likeness (QED) is 0.268. The Balaban J connectivity index is 2.06. The van der Waals surface area contributed by atoms with Gasteiger partial charge in [0, 0.05) is 25.2 Å². The first-order valence-corrected chi connectivity index (χ1v) is 9.18. The zero-order valence-corrected chi connectivity index (χ0v) is 14.2. The molecule has 1 aliphatic carbocycles. The van der Waals surface area contributed by atoms with Gasteiger partial charge in [-0.15, -0.1) is 11.3 Å². The highest BCUT2D eigenvalue weighted by Crippen LogP contribution is 2.50. The highest BCUT2D eigenvalue weighted by Gasteiger charge is 2.22. The van der Waals surface area contributed by atoms with Crippen molar-refractivity contribution in [3.8, 4) is 22.3 Å². The second kappa shape index (κ2) is 4.38. The predicted molar refractivity (Wildman–Crippen MR) is 106 cm³/mol. The summed E-state index contributed by atoms with van der Waals surface area (Å²) in [7, 11) is 0. The van der Waals surface area contributed by atoms with Crippen molar-refractivity contribution in [3.05, 3.63) is 71.8 Å². The summed E-state index contributed by atoms with van der Waals surface area (Å²) in [4.78, 5) is 0. The number of halogens is 1. The van der Waals surface area contributed by atoms with Gasteiger partial charge in [-0.3, -0.25) is 0 Å². The number of hydrogen-bond acceptors (Lipinski definition) is 1. The molecular formula is C22H11ClS. The van der Waals surface area contributed by atoms with Crippen LogP contribution in [0.2, 0.25) is 5.02 Å². The predicted octanol–water partition coefficient (Wildman–Crippen LogP) is 7.51. The van der Waals surface area contributed by atoms with Crippen LogP contribution in [0.5, 0.6) is 0 Å². The lowest BCUT2D eigenvalue weighted by Crippen LogP contribution is -1.85. The lowest BCUT2D eigenvalue weighted by Gasteiger charge is -2.11. The van der Waals surface area contributed by atoms with Gasteiger partial charge in [0.25, 0.3) is 0 Å². The third-order valence-corrected chi connectivity index (χ3v) is 6.39. The summed E-state index contributed by atoms with van der Waals surface area (Å²) in [5.41, 5.74) is 5.14. The monoisotopic (exact) mass is 342 g/mol. The largest absolute Gasteiger partial charge is 0.135 e. The fourth-order valence-electron chi connectivity index (χ4n) is 4.13. The van der Waals surface area contributed by atoms with E-state index in [1.54, 1.807) is 0 Å². The summed E-state index contributed by atoms with van der Waals surface area (Å²) in [6.07, 6.45) is 0. The third kappa shape index (κ3) is 1.49. The molecule has 4 aromatic carbocycles. The van der Waals surface area contributed by atoms with Gasteiger partial charge < -0.3 is 0 Å². The highest BCUT2D eigenvalue weighted by molar-refractivity contribution is 7.26. The smallest absolute Gasteiger partial charge is 0.0418 e. The van der Waals surface area contributed by atoms with Crippen molar-refractivity contribution in [2.45, 2.75) is 0 Å².